The molecule has 0 N–H and O–H groups in total. The molecular formula is C14H20O2. The molecule has 0 saturated carbocycles. The van der Waals surface area contributed by atoms with E-state index in [0.29, 0.717) is 12.3 Å². The van der Waals surface area contributed by atoms with Crippen molar-refractivity contribution in [3.63, 3.8) is 0 Å². The lowest BCUT2D eigenvalue weighted by atomic mass is 10.0. The van der Waals surface area contributed by atoms with Crippen LogP contribution in [0.4, 0.5) is 0 Å². The quantitative estimate of drug-likeness (QED) is 0.758. The normalized spacial score (nSPS) is 12.6. The maximum Gasteiger partial charge on any atom is 0.172 e. The first-order valence-corrected chi connectivity index (χ1v) is 5.84. The summed E-state index contributed by atoms with van der Waals surface area (Å²) >= 11 is 0. The highest BCUT2D eigenvalue weighted by Gasteiger charge is 2.11. The summed E-state index contributed by atoms with van der Waals surface area (Å²) < 4.78 is 5.55. The smallest absolute Gasteiger partial charge is 0.172 e. The number of ether oxygens (including phenoxy) is 1. The van der Waals surface area contributed by atoms with Gasteiger partial charge in [-0.2, -0.15) is 0 Å². The molecule has 2 heteroatoms. The number of hydrogen-bond donors (Lipinski definition) is 0. The third-order valence-corrected chi connectivity index (χ3v) is 2.66. The zero-order valence-corrected chi connectivity index (χ0v) is 10.5. The van der Waals surface area contributed by atoms with Gasteiger partial charge in [-0.1, -0.05) is 32.9 Å². The van der Waals surface area contributed by atoms with Crippen LogP contribution in [-0.4, -0.2) is 11.9 Å². The van der Waals surface area contributed by atoms with Crippen LogP contribution >= 0.6 is 0 Å². The van der Waals surface area contributed by atoms with Crippen LogP contribution in [0, 0.1) is 0 Å². The molecular weight excluding hydrogens is 200 g/mol. The predicted molar refractivity (Wildman–Crippen MR) is 65.9 cm³/mol. The molecule has 1 unspecified atom stereocenters. The lowest BCUT2D eigenvalue weighted by molar-refractivity contribution is -0.124. The monoisotopic (exact) mass is 220 g/mol. The fourth-order valence-corrected chi connectivity index (χ4v) is 1.49. The van der Waals surface area contributed by atoms with Crippen LogP contribution in [-0.2, 0) is 4.79 Å². The molecule has 1 aromatic carbocycles. The minimum Gasteiger partial charge on any atom is -0.483 e. The van der Waals surface area contributed by atoms with Crippen molar-refractivity contribution in [3.8, 4) is 5.75 Å². The fourth-order valence-electron chi connectivity index (χ4n) is 1.49. The third-order valence-electron chi connectivity index (χ3n) is 2.66. The van der Waals surface area contributed by atoms with Crippen LogP contribution in [0.1, 0.15) is 45.6 Å². The Morgan fingerprint density at radius 1 is 1.19 bits per heavy atom. The average molecular weight is 220 g/mol. The zero-order valence-electron chi connectivity index (χ0n) is 10.5. The van der Waals surface area contributed by atoms with Gasteiger partial charge in [0.2, 0.25) is 0 Å². The van der Waals surface area contributed by atoms with Gasteiger partial charge >= 0.3 is 0 Å². The number of rotatable bonds is 5. The Hall–Kier alpha value is -1.31. The molecule has 88 valence electrons. The second kappa shape index (κ2) is 5.69. The maximum absolute atomic E-state index is 11.4. The summed E-state index contributed by atoms with van der Waals surface area (Å²) in [7, 11) is 0. The highest BCUT2D eigenvalue weighted by atomic mass is 16.5. The van der Waals surface area contributed by atoms with Crippen molar-refractivity contribution < 1.29 is 9.53 Å². The second-order valence-corrected chi connectivity index (χ2v) is 4.30. The zero-order chi connectivity index (χ0) is 12.1. The van der Waals surface area contributed by atoms with E-state index in [2.05, 4.69) is 13.8 Å². The lowest BCUT2D eigenvalue weighted by Gasteiger charge is -2.13. The molecule has 0 amide bonds. The minimum absolute atomic E-state index is 0.132. The summed E-state index contributed by atoms with van der Waals surface area (Å²) in [6.45, 7) is 7.95. The fraction of sp³-hybridized carbons (Fsp3) is 0.500. The van der Waals surface area contributed by atoms with Crippen LogP contribution in [0.25, 0.3) is 0 Å². The van der Waals surface area contributed by atoms with Crippen molar-refractivity contribution in [2.75, 3.05) is 0 Å². The number of carbonyl (C=O) groups is 1. The molecule has 0 aliphatic heterocycles. The first-order chi connectivity index (χ1) is 7.54. The molecule has 1 atom stereocenters. The van der Waals surface area contributed by atoms with Crippen molar-refractivity contribution in [1.82, 2.24) is 0 Å². The lowest BCUT2D eigenvalue weighted by Crippen LogP contribution is -2.22. The van der Waals surface area contributed by atoms with E-state index >= 15 is 0 Å². The number of benzene rings is 1. The van der Waals surface area contributed by atoms with E-state index in [1.54, 1.807) is 6.92 Å². The third kappa shape index (κ3) is 3.37. The Bertz CT molecular complexity index is 338. The van der Waals surface area contributed by atoms with Gasteiger partial charge in [0.25, 0.3) is 0 Å². The van der Waals surface area contributed by atoms with Gasteiger partial charge in [0.15, 0.2) is 11.9 Å². The first kappa shape index (κ1) is 12.8. The van der Waals surface area contributed by atoms with Gasteiger partial charge in [-0.25, -0.2) is 0 Å². The topological polar surface area (TPSA) is 26.3 Å². The SMILES string of the molecule is CCC(=O)C(C)Oc1ccc(C(C)C)cc1. The molecule has 1 aromatic rings. The summed E-state index contributed by atoms with van der Waals surface area (Å²) in [5.74, 6) is 1.41. The van der Waals surface area contributed by atoms with Crippen LogP contribution in [0.2, 0.25) is 0 Å². The Kier molecular flexibility index (Phi) is 4.53. The molecule has 0 aromatic heterocycles. The van der Waals surface area contributed by atoms with Crippen molar-refractivity contribution in [2.45, 2.75) is 46.1 Å². The standard InChI is InChI=1S/C14H20O2/c1-5-14(15)11(4)16-13-8-6-12(7-9-13)10(2)3/h6-11H,5H2,1-4H3. The molecule has 0 spiro atoms. The molecule has 0 radical (unpaired) electrons. The van der Waals surface area contributed by atoms with Crippen LogP contribution in [0.5, 0.6) is 5.75 Å². The van der Waals surface area contributed by atoms with E-state index in [1.165, 1.54) is 5.56 Å². The summed E-state index contributed by atoms with van der Waals surface area (Å²) in [5.41, 5.74) is 1.28. The highest BCUT2D eigenvalue weighted by molar-refractivity contribution is 5.82. The number of hydrogen-bond acceptors (Lipinski definition) is 2. The highest BCUT2D eigenvalue weighted by Crippen LogP contribution is 2.19. The first-order valence-electron chi connectivity index (χ1n) is 5.84. The molecule has 0 heterocycles. The number of carbonyl (C=O) groups excluding carboxylic acids is 1. The Labute approximate surface area is 97.6 Å². The second-order valence-electron chi connectivity index (χ2n) is 4.30. The van der Waals surface area contributed by atoms with Crippen LogP contribution in [0.15, 0.2) is 24.3 Å². The van der Waals surface area contributed by atoms with Crippen molar-refractivity contribution in [1.29, 1.82) is 0 Å². The van der Waals surface area contributed by atoms with Gasteiger partial charge in [0.05, 0.1) is 0 Å². The average Bonchev–Trinajstić information content (AvgIpc) is 2.28. The molecule has 2 nitrogen and oxygen atoms in total. The predicted octanol–water partition coefficient (Wildman–Crippen LogP) is 3.56. The van der Waals surface area contributed by atoms with Crippen LogP contribution in [0.3, 0.4) is 0 Å². The Balaban J connectivity index is 2.65. The summed E-state index contributed by atoms with van der Waals surface area (Å²) in [6.07, 6.45) is 0.167. The number of ketones is 1. The molecule has 16 heavy (non-hydrogen) atoms. The minimum atomic E-state index is -0.352. The van der Waals surface area contributed by atoms with Gasteiger partial charge < -0.3 is 4.74 Å². The largest absolute Gasteiger partial charge is 0.483 e. The van der Waals surface area contributed by atoms with Crippen molar-refractivity contribution >= 4 is 5.78 Å². The van der Waals surface area contributed by atoms with Gasteiger partial charge in [0.1, 0.15) is 5.75 Å². The molecule has 0 fully saturated rings. The summed E-state index contributed by atoms with van der Waals surface area (Å²) in [6, 6.07) is 7.94. The Morgan fingerprint density at radius 3 is 2.19 bits per heavy atom. The molecule has 1 rings (SSSR count). The van der Waals surface area contributed by atoms with Gasteiger partial charge in [-0.15, -0.1) is 0 Å². The van der Waals surface area contributed by atoms with E-state index in [9.17, 15) is 4.79 Å². The van der Waals surface area contributed by atoms with Crippen molar-refractivity contribution in [2.24, 2.45) is 0 Å². The summed E-state index contributed by atoms with van der Waals surface area (Å²) in [4.78, 5) is 11.4. The van der Waals surface area contributed by atoms with Crippen molar-refractivity contribution in [3.05, 3.63) is 29.8 Å². The van der Waals surface area contributed by atoms with Gasteiger partial charge in [-0.3, -0.25) is 4.79 Å². The molecule has 0 bridgehead atoms. The van der Waals surface area contributed by atoms with Gasteiger partial charge in [-0.05, 0) is 30.5 Å². The summed E-state index contributed by atoms with van der Waals surface area (Å²) in [5, 5.41) is 0. The van der Waals surface area contributed by atoms with E-state index < -0.39 is 0 Å². The maximum atomic E-state index is 11.4. The Morgan fingerprint density at radius 2 is 1.75 bits per heavy atom. The van der Waals surface area contributed by atoms with Gasteiger partial charge in [0, 0.05) is 6.42 Å². The van der Waals surface area contributed by atoms with Crippen LogP contribution < -0.4 is 4.74 Å². The van der Waals surface area contributed by atoms with E-state index in [-0.39, 0.29) is 11.9 Å². The van der Waals surface area contributed by atoms with E-state index in [1.807, 2.05) is 31.2 Å². The number of Topliss-reactive ketones (excluding diaryl/α,β-unsaturated/α-hetero) is 1. The molecule has 0 aliphatic carbocycles. The molecule has 0 saturated heterocycles. The molecule has 0 aliphatic rings. The van der Waals surface area contributed by atoms with E-state index in [4.69, 9.17) is 4.74 Å². The van der Waals surface area contributed by atoms with E-state index in [0.717, 1.165) is 5.75 Å².